The van der Waals surface area contributed by atoms with Gasteiger partial charge in [0.1, 0.15) is 11.5 Å². The molecule has 0 bridgehead atoms. The lowest BCUT2D eigenvalue weighted by molar-refractivity contribution is -0.138. The Morgan fingerprint density at radius 3 is 2.46 bits per heavy atom. The van der Waals surface area contributed by atoms with Crippen molar-refractivity contribution in [1.29, 1.82) is 0 Å². The lowest BCUT2D eigenvalue weighted by Crippen LogP contribution is -2.51. The Bertz CT molecular complexity index is 955. The molecular formula is C25H39ClN4O4S. The highest BCUT2D eigenvalue weighted by Gasteiger charge is 2.37. The number of benzene rings is 1. The van der Waals surface area contributed by atoms with Crippen LogP contribution in [-0.4, -0.2) is 112 Å². The molecule has 4 rings (SSSR count). The van der Waals surface area contributed by atoms with Crippen molar-refractivity contribution in [3.05, 3.63) is 28.8 Å². The molecule has 0 spiro atoms. The third kappa shape index (κ3) is 6.56. The van der Waals surface area contributed by atoms with Gasteiger partial charge in [-0.1, -0.05) is 23.7 Å². The zero-order valence-electron chi connectivity index (χ0n) is 21.0. The highest BCUT2D eigenvalue weighted by molar-refractivity contribution is 7.89. The number of aryl methyl sites for hydroxylation is 1. The first-order valence-electron chi connectivity index (χ1n) is 12.8. The summed E-state index contributed by atoms with van der Waals surface area (Å²) in [4.78, 5) is 19.6. The molecule has 0 unspecified atom stereocenters. The van der Waals surface area contributed by atoms with Gasteiger partial charge in [0.05, 0.1) is 11.6 Å². The fourth-order valence-corrected chi connectivity index (χ4v) is 7.98. The van der Waals surface area contributed by atoms with Crippen LogP contribution in [0.25, 0.3) is 0 Å². The first kappa shape index (κ1) is 26.8. The number of halogens is 1. The Morgan fingerprint density at radius 1 is 1.06 bits per heavy atom. The van der Waals surface area contributed by atoms with Gasteiger partial charge in [-0.15, -0.1) is 0 Å². The third-order valence-corrected chi connectivity index (χ3v) is 10.3. The normalized spacial score (nSPS) is 23.7. The molecule has 0 radical (unpaired) electrons. The molecule has 3 saturated heterocycles. The molecule has 3 heterocycles. The van der Waals surface area contributed by atoms with E-state index >= 15 is 0 Å². The van der Waals surface area contributed by atoms with E-state index in [-0.39, 0.29) is 35.1 Å². The number of likely N-dealkylation sites (tertiary alicyclic amines) is 1. The Balaban J connectivity index is 1.22. The summed E-state index contributed by atoms with van der Waals surface area (Å²) in [5.74, 6) is 0.746. The second-order valence-corrected chi connectivity index (χ2v) is 12.5. The van der Waals surface area contributed by atoms with Gasteiger partial charge in [-0.3, -0.25) is 9.69 Å². The second-order valence-electron chi connectivity index (χ2n) is 10.2. The van der Waals surface area contributed by atoms with Crippen LogP contribution in [0.2, 0.25) is 5.02 Å². The van der Waals surface area contributed by atoms with Crippen molar-refractivity contribution < 1.29 is 17.9 Å². The number of rotatable bonds is 8. The summed E-state index contributed by atoms with van der Waals surface area (Å²) in [5, 5.41) is 0.238. The Morgan fingerprint density at radius 2 is 1.77 bits per heavy atom. The molecule has 196 valence electrons. The fraction of sp³-hybridized carbons (Fsp3) is 0.720. The smallest absolute Gasteiger partial charge is 0.248 e. The minimum absolute atomic E-state index is 0.00946. The Labute approximate surface area is 215 Å². The van der Waals surface area contributed by atoms with E-state index in [0.717, 1.165) is 45.1 Å². The summed E-state index contributed by atoms with van der Waals surface area (Å²) in [7, 11) is -1.54. The monoisotopic (exact) mass is 526 g/mol. The van der Waals surface area contributed by atoms with E-state index < -0.39 is 10.0 Å². The van der Waals surface area contributed by atoms with Crippen LogP contribution in [0, 0.1) is 12.8 Å². The van der Waals surface area contributed by atoms with E-state index in [1.807, 2.05) is 4.90 Å². The van der Waals surface area contributed by atoms with Crippen LogP contribution < -0.4 is 0 Å². The maximum absolute atomic E-state index is 13.3. The van der Waals surface area contributed by atoms with Crippen molar-refractivity contribution in [3.8, 4) is 0 Å². The number of piperazine rings is 1. The summed E-state index contributed by atoms with van der Waals surface area (Å²) >= 11 is 6.25. The Kier molecular flexibility index (Phi) is 9.10. The molecule has 8 nitrogen and oxygen atoms in total. The molecule has 0 aliphatic carbocycles. The summed E-state index contributed by atoms with van der Waals surface area (Å²) in [6, 6.07) is 4.83. The quantitative estimate of drug-likeness (QED) is 0.517. The minimum Gasteiger partial charge on any atom is -0.370 e. The van der Waals surface area contributed by atoms with Crippen molar-refractivity contribution >= 4 is 27.5 Å². The number of piperidine rings is 1. The number of nitrogens with zero attached hydrogens (tertiary/aromatic N) is 4. The first-order valence-corrected chi connectivity index (χ1v) is 14.6. The molecule has 1 aromatic carbocycles. The van der Waals surface area contributed by atoms with E-state index in [1.54, 1.807) is 25.1 Å². The summed E-state index contributed by atoms with van der Waals surface area (Å²) in [6.07, 6.45) is 4.00. The van der Waals surface area contributed by atoms with Crippen molar-refractivity contribution in [1.82, 2.24) is 19.0 Å². The van der Waals surface area contributed by atoms with E-state index in [9.17, 15) is 13.2 Å². The van der Waals surface area contributed by atoms with Gasteiger partial charge in [0, 0.05) is 45.3 Å². The summed E-state index contributed by atoms with van der Waals surface area (Å²) < 4.78 is 33.9. The van der Waals surface area contributed by atoms with Crippen molar-refractivity contribution in [2.24, 2.45) is 5.92 Å². The highest BCUT2D eigenvalue weighted by Crippen LogP contribution is 2.32. The van der Waals surface area contributed by atoms with Gasteiger partial charge in [0.2, 0.25) is 15.9 Å². The molecule has 10 heteroatoms. The third-order valence-electron chi connectivity index (χ3n) is 7.67. The van der Waals surface area contributed by atoms with Gasteiger partial charge < -0.3 is 14.5 Å². The zero-order chi connectivity index (χ0) is 25.0. The number of amides is 1. The predicted octanol–water partition coefficient (Wildman–Crippen LogP) is 2.30. The van der Waals surface area contributed by atoms with Gasteiger partial charge in [-0.25, -0.2) is 8.42 Å². The molecular weight excluding hydrogens is 488 g/mol. The van der Waals surface area contributed by atoms with E-state index in [2.05, 4.69) is 16.8 Å². The van der Waals surface area contributed by atoms with Crippen LogP contribution in [0.15, 0.2) is 23.1 Å². The molecule has 0 saturated carbocycles. The molecule has 35 heavy (non-hydrogen) atoms. The van der Waals surface area contributed by atoms with Crippen LogP contribution >= 0.6 is 11.6 Å². The topological polar surface area (TPSA) is 73.4 Å². The van der Waals surface area contributed by atoms with Crippen molar-refractivity contribution in [2.75, 3.05) is 72.6 Å². The first-order chi connectivity index (χ1) is 16.8. The molecule has 3 aliphatic heterocycles. The highest BCUT2D eigenvalue weighted by atomic mass is 35.5. The molecule has 1 aromatic rings. The molecule has 1 amide bonds. The van der Waals surface area contributed by atoms with Crippen molar-refractivity contribution in [2.45, 2.75) is 43.5 Å². The fourth-order valence-electron chi connectivity index (χ4n) is 5.52. The predicted molar refractivity (Wildman–Crippen MR) is 137 cm³/mol. The molecule has 0 N–H and O–H groups in total. The van der Waals surface area contributed by atoms with E-state index in [4.69, 9.17) is 16.3 Å². The Hall–Kier alpha value is -1.23. The van der Waals surface area contributed by atoms with Gasteiger partial charge in [0.15, 0.2) is 0 Å². The maximum atomic E-state index is 13.3. The van der Waals surface area contributed by atoms with Crippen LogP contribution in [-0.2, 0) is 19.6 Å². The average Bonchev–Trinajstić information content (AvgIpc) is 3.30. The molecule has 3 aliphatic rings. The summed E-state index contributed by atoms with van der Waals surface area (Å²) in [5.41, 5.74) is 0.634. The van der Waals surface area contributed by atoms with Gasteiger partial charge in [-0.05, 0) is 70.3 Å². The van der Waals surface area contributed by atoms with Crippen LogP contribution in [0.4, 0.5) is 0 Å². The lowest BCUT2D eigenvalue weighted by Gasteiger charge is -2.38. The number of ether oxygens (including phenoxy) is 1. The number of sulfonamides is 1. The zero-order valence-corrected chi connectivity index (χ0v) is 22.6. The summed E-state index contributed by atoms with van der Waals surface area (Å²) in [6.45, 7) is 9.15. The molecule has 1 atom stereocenters. The van der Waals surface area contributed by atoms with Gasteiger partial charge in [-0.2, -0.15) is 4.31 Å². The average molecular weight is 527 g/mol. The number of carbonyl (C=O) groups excluding carboxylic acids is 1. The van der Waals surface area contributed by atoms with E-state index in [1.165, 1.54) is 30.2 Å². The second kappa shape index (κ2) is 11.9. The van der Waals surface area contributed by atoms with Crippen molar-refractivity contribution in [3.63, 3.8) is 0 Å². The van der Waals surface area contributed by atoms with Crippen LogP contribution in [0.3, 0.4) is 0 Å². The SMILES string of the molecule is Cc1cccc(Cl)c1S(=O)(=O)N1CCC[C@H]1COCC(=O)N1CCN(CC2CCN(C)CC2)CC1. The largest absolute Gasteiger partial charge is 0.370 e. The van der Waals surface area contributed by atoms with Crippen LogP contribution in [0.5, 0.6) is 0 Å². The van der Waals surface area contributed by atoms with Gasteiger partial charge >= 0.3 is 0 Å². The van der Waals surface area contributed by atoms with Gasteiger partial charge in [0.25, 0.3) is 0 Å². The molecule has 3 fully saturated rings. The molecule has 0 aromatic heterocycles. The van der Waals surface area contributed by atoms with E-state index in [0.29, 0.717) is 18.5 Å². The van der Waals surface area contributed by atoms with Crippen LogP contribution in [0.1, 0.15) is 31.2 Å². The number of hydrogen-bond donors (Lipinski definition) is 0. The number of carbonyl (C=O) groups is 1. The maximum Gasteiger partial charge on any atom is 0.248 e. The minimum atomic E-state index is -3.72. The lowest BCUT2D eigenvalue weighted by atomic mass is 9.96. The number of hydrogen-bond acceptors (Lipinski definition) is 6. The standard InChI is InChI=1S/C25H39ClN4O4S/c1-20-5-3-7-23(26)25(20)35(32,33)30-10-4-6-22(30)18-34-19-24(31)29-15-13-28(14-16-29)17-21-8-11-27(2)12-9-21/h3,5,7,21-22H,4,6,8-19H2,1-2H3/t22-/m0/s1.